The third-order valence-electron chi connectivity index (χ3n) is 2.21. The lowest BCUT2D eigenvalue weighted by Gasteiger charge is -2.01. The minimum Gasteiger partial charge on any atom is -0.300 e. The molecule has 1 nitrogen and oxygen atoms in total. The van der Waals surface area contributed by atoms with E-state index in [1.807, 2.05) is 11.8 Å². The van der Waals surface area contributed by atoms with E-state index in [1.165, 1.54) is 10.5 Å². The van der Waals surface area contributed by atoms with Crippen molar-refractivity contribution < 1.29 is 4.79 Å². The molecule has 2 heteroatoms. The summed E-state index contributed by atoms with van der Waals surface area (Å²) in [6.45, 7) is 3.76. The fourth-order valence-electron chi connectivity index (χ4n) is 1.30. The predicted molar refractivity (Wildman–Crippen MR) is 66.4 cm³/mol. The number of hydrogen-bond acceptors (Lipinski definition) is 2. The van der Waals surface area contributed by atoms with Crippen LogP contribution < -0.4 is 0 Å². The van der Waals surface area contributed by atoms with Gasteiger partial charge in [0.25, 0.3) is 0 Å². The molecule has 0 unspecified atom stereocenters. The van der Waals surface area contributed by atoms with Crippen molar-refractivity contribution in [1.82, 2.24) is 0 Å². The lowest BCUT2D eigenvalue weighted by molar-refractivity contribution is -0.117. The van der Waals surface area contributed by atoms with Crippen LogP contribution in [-0.2, 0) is 4.79 Å². The lowest BCUT2D eigenvalue weighted by Crippen LogP contribution is -1.90. The average Bonchev–Trinajstić information content (AvgIpc) is 2.20. The molecular weight excluding hydrogens is 204 g/mol. The molecule has 0 amide bonds. The smallest absolute Gasteiger partial charge is 0.129 e. The summed E-state index contributed by atoms with van der Waals surface area (Å²) < 4.78 is 0. The zero-order valence-electron chi connectivity index (χ0n) is 9.45. The van der Waals surface area contributed by atoms with Gasteiger partial charge in [0.15, 0.2) is 0 Å². The van der Waals surface area contributed by atoms with E-state index < -0.39 is 0 Å². The summed E-state index contributed by atoms with van der Waals surface area (Å²) in [6, 6.07) is 8.59. The first-order valence-corrected chi connectivity index (χ1v) is 6.36. The second kappa shape index (κ2) is 6.67. The van der Waals surface area contributed by atoms with Crippen LogP contribution in [0.1, 0.15) is 31.7 Å². The molecule has 0 aliphatic heterocycles. The normalized spacial score (nSPS) is 10.3. The number of aryl methyl sites for hydroxylation is 1. The SMILES string of the molecule is CC(=O)CCCCSc1ccc(C)cc1. The van der Waals surface area contributed by atoms with Crippen LogP contribution in [0.4, 0.5) is 0 Å². The summed E-state index contributed by atoms with van der Waals surface area (Å²) in [7, 11) is 0. The van der Waals surface area contributed by atoms with Crippen molar-refractivity contribution in [3.8, 4) is 0 Å². The van der Waals surface area contributed by atoms with E-state index in [9.17, 15) is 4.79 Å². The molecule has 15 heavy (non-hydrogen) atoms. The molecule has 0 saturated carbocycles. The van der Waals surface area contributed by atoms with Gasteiger partial charge in [-0.3, -0.25) is 0 Å². The molecule has 0 radical (unpaired) electrons. The molecule has 1 aromatic carbocycles. The second-order valence-electron chi connectivity index (χ2n) is 3.82. The Labute approximate surface area is 96.3 Å². The van der Waals surface area contributed by atoms with E-state index in [1.54, 1.807) is 6.92 Å². The molecule has 82 valence electrons. The zero-order valence-corrected chi connectivity index (χ0v) is 10.3. The van der Waals surface area contributed by atoms with Gasteiger partial charge < -0.3 is 4.79 Å². The summed E-state index contributed by atoms with van der Waals surface area (Å²) in [4.78, 5) is 12.0. The van der Waals surface area contributed by atoms with Gasteiger partial charge in [-0.25, -0.2) is 0 Å². The van der Waals surface area contributed by atoms with Crippen LogP contribution in [0.5, 0.6) is 0 Å². The van der Waals surface area contributed by atoms with E-state index in [0.29, 0.717) is 5.78 Å². The van der Waals surface area contributed by atoms with Crippen LogP contribution in [0.25, 0.3) is 0 Å². The Morgan fingerprint density at radius 2 is 1.87 bits per heavy atom. The first-order valence-electron chi connectivity index (χ1n) is 5.37. The largest absolute Gasteiger partial charge is 0.300 e. The van der Waals surface area contributed by atoms with Crippen molar-refractivity contribution in [2.24, 2.45) is 0 Å². The second-order valence-corrected chi connectivity index (χ2v) is 4.99. The fourth-order valence-corrected chi connectivity index (χ4v) is 2.21. The maximum absolute atomic E-state index is 10.7. The number of carbonyl (C=O) groups excluding carboxylic acids is 1. The number of rotatable bonds is 6. The summed E-state index contributed by atoms with van der Waals surface area (Å²) in [5.41, 5.74) is 1.30. The molecule has 0 aliphatic carbocycles. The number of carbonyl (C=O) groups is 1. The number of ketones is 1. The molecule has 0 N–H and O–H groups in total. The van der Waals surface area contributed by atoms with Crippen LogP contribution in [0, 0.1) is 6.92 Å². The van der Waals surface area contributed by atoms with Crippen molar-refractivity contribution in [2.75, 3.05) is 5.75 Å². The lowest BCUT2D eigenvalue weighted by atomic mass is 10.2. The molecular formula is C13H18OS. The monoisotopic (exact) mass is 222 g/mol. The molecule has 0 spiro atoms. The van der Waals surface area contributed by atoms with Crippen LogP contribution in [0.15, 0.2) is 29.2 Å². The number of thioether (sulfide) groups is 1. The van der Waals surface area contributed by atoms with Gasteiger partial charge in [0.1, 0.15) is 5.78 Å². The predicted octanol–water partition coefficient (Wildman–Crippen LogP) is 3.85. The van der Waals surface area contributed by atoms with E-state index in [0.717, 1.165) is 25.0 Å². The van der Waals surface area contributed by atoms with E-state index in [2.05, 4.69) is 31.2 Å². The third kappa shape index (κ3) is 5.63. The molecule has 0 aliphatic rings. The minimum absolute atomic E-state index is 0.301. The van der Waals surface area contributed by atoms with Gasteiger partial charge in [-0.05, 0) is 44.6 Å². The highest BCUT2D eigenvalue weighted by Crippen LogP contribution is 2.19. The van der Waals surface area contributed by atoms with Crippen molar-refractivity contribution in [3.63, 3.8) is 0 Å². The standard InChI is InChI=1S/C13H18OS/c1-11-6-8-13(9-7-11)15-10-4-3-5-12(2)14/h6-9H,3-5,10H2,1-2H3. The van der Waals surface area contributed by atoms with Crippen molar-refractivity contribution in [1.29, 1.82) is 0 Å². The Bertz CT molecular complexity index is 303. The van der Waals surface area contributed by atoms with Crippen molar-refractivity contribution in [3.05, 3.63) is 29.8 Å². The third-order valence-corrected chi connectivity index (χ3v) is 3.31. The van der Waals surface area contributed by atoms with Gasteiger partial charge in [0.2, 0.25) is 0 Å². The van der Waals surface area contributed by atoms with Gasteiger partial charge in [-0.2, -0.15) is 0 Å². The van der Waals surface area contributed by atoms with Gasteiger partial charge in [0, 0.05) is 11.3 Å². The number of Topliss-reactive ketones (excluding diaryl/α,β-unsaturated/α-hetero) is 1. The zero-order chi connectivity index (χ0) is 11.1. The van der Waals surface area contributed by atoms with Gasteiger partial charge in [-0.15, -0.1) is 11.8 Å². The Kier molecular flexibility index (Phi) is 5.48. The van der Waals surface area contributed by atoms with Crippen LogP contribution in [0.3, 0.4) is 0 Å². The minimum atomic E-state index is 0.301. The Hall–Kier alpha value is -0.760. The van der Waals surface area contributed by atoms with Gasteiger partial charge in [0.05, 0.1) is 0 Å². The average molecular weight is 222 g/mol. The van der Waals surface area contributed by atoms with Crippen molar-refractivity contribution >= 4 is 17.5 Å². The molecule has 0 fully saturated rings. The number of hydrogen-bond donors (Lipinski definition) is 0. The summed E-state index contributed by atoms with van der Waals surface area (Å²) in [6.07, 6.45) is 2.88. The highest BCUT2D eigenvalue weighted by atomic mass is 32.2. The molecule has 0 heterocycles. The summed E-state index contributed by atoms with van der Waals surface area (Å²) >= 11 is 1.87. The van der Waals surface area contributed by atoms with E-state index in [-0.39, 0.29) is 0 Å². The molecule has 0 atom stereocenters. The highest BCUT2D eigenvalue weighted by Gasteiger charge is 1.96. The summed E-state index contributed by atoms with van der Waals surface area (Å²) in [5, 5.41) is 0. The first-order chi connectivity index (χ1) is 7.18. The van der Waals surface area contributed by atoms with Gasteiger partial charge in [-0.1, -0.05) is 17.7 Å². The highest BCUT2D eigenvalue weighted by molar-refractivity contribution is 7.99. The molecule has 0 aromatic heterocycles. The Morgan fingerprint density at radius 3 is 2.47 bits per heavy atom. The molecule has 0 saturated heterocycles. The summed E-state index contributed by atoms with van der Waals surface area (Å²) in [5.74, 6) is 1.41. The van der Waals surface area contributed by atoms with E-state index >= 15 is 0 Å². The van der Waals surface area contributed by atoms with Gasteiger partial charge >= 0.3 is 0 Å². The fraction of sp³-hybridized carbons (Fsp3) is 0.462. The van der Waals surface area contributed by atoms with Crippen LogP contribution in [-0.4, -0.2) is 11.5 Å². The molecule has 1 aromatic rings. The maximum atomic E-state index is 10.7. The number of unbranched alkanes of at least 4 members (excludes halogenated alkanes) is 1. The molecule has 0 bridgehead atoms. The maximum Gasteiger partial charge on any atom is 0.129 e. The first kappa shape index (κ1) is 12.3. The van der Waals surface area contributed by atoms with Crippen molar-refractivity contribution in [2.45, 2.75) is 38.0 Å². The Balaban J connectivity index is 2.15. The van der Waals surface area contributed by atoms with Crippen LogP contribution in [0.2, 0.25) is 0 Å². The Morgan fingerprint density at radius 1 is 1.20 bits per heavy atom. The number of benzene rings is 1. The quantitative estimate of drug-likeness (QED) is 0.537. The topological polar surface area (TPSA) is 17.1 Å². The van der Waals surface area contributed by atoms with E-state index in [4.69, 9.17) is 0 Å². The molecule has 1 rings (SSSR count). The van der Waals surface area contributed by atoms with Crippen LogP contribution >= 0.6 is 11.8 Å².